The van der Waals surface area contributed by atoms with Gasteiger partial charge in [-0.25, -0.2) is 14.8 Å². The van der Waals surface area contributed by atoms with Crippen LogP contribution in [0.25, 0.3) is 21.8 Å². The van der Waals surface area contributed by atoms with Gasteiger partial charge in [0.15, 0.2) is 11.5 Å². The lowest BCUT2D eigenvalue weighted by molar-refractivity contribution is -0.141. The molecule has 0 radical (unpaired) electrons. The van der Waals surface area contributed by atoms with Gasteiger partial charge in [-0.1, -0.05) is 23.2 Å². The predicted molar refractivity (Wildman–Crippen MR) is 156 cm³/mol. The smallest absolute Gasteiger partial charge is 0.433 e. The molecule has 50 heavy (non-hydrogen) atoms. The number of carbonyl (C=O) groups excluding carboxylic acids is 1. The average Bonchev–Trinajstić information content (AvgIpc) is 3.01. The lowest BCUT2D eigenvalue weighted by Gasteiger charge is -2.14. The molecule has 3 aromatic heterocycles. The monoisotopic (exact) mass is 758 g/mol. The van der Waals surface area contributed by atoms with Gasteiger partial charge in [0.05, 0.1) is 21.3 Å². The molecule has 264 valence electrons. The molecule has 1 amide bonds. The number of rotatable bonds is 7. The Balaban J connectivity index is 0.000000237. The van der Waals surface area contributed by atoms with Crippen LogP contribution in [0.5, 0.6) is 11.5 Å². The first kappa shape index (κ1) is 37.6. The van der Waals surface area contributed by atoms with Crippen molar-refractivity contribution in [3.63, 3.8) is 0 Å². The van der Waals surface area contributed by atoms with Gasteiger partial charge in [0.1, 0.15) is 22.4 Å². The summed E-state index contributed by atoms with van der Waals surface area (Å²) in [5, 5.41) is 11.0. The third-order valence-corrected chi connectivity index (χ3v) is 6.79. The van der Waals surface area contributed by atoms with E-state index in [9.17, 15) is 53.5 Å². The number of ether oxygens (including phenoxy) is 2. The van der Waals surface area contributed by atoms with Crippen LogP contribution in [0.15, 0.2) is 60.9 Å². The number of aromatic nitrogens is 3. The van der Waals surface area contributed by atoms with Crippen molar-refractivity contribution in [2.75, 3.05) is 5.32 Å². The number of nitrogens with zero attached hydrogens (tertiary/aromatic N) is 3. The number of nitrogens with one attached hydrogen (secondary N) is 1. The summed E-state index contributed by atoms with van der Waals surface area (Å²) in [7, 11) is 0. The Morgan fingerprint density at radius 3 is 1.50 bits per heavy atom. The number of carbonyl (C=O) groups is 2. The van der Waals surface area contributed by atoms with Gasteiger partial charge in [0.2, 0.25) is 0 Å². The maximum absolute atomic E-state index is 13.0. The van der Waals surface area contributed by atoms with Gasteiger partial charge in [0, 0.05) is 28.7 Å². The minimum Gasteiger partial charge on any atom is -0.478 e. The number of anilines is 1. The largest absolute Gasteiger partial charge is 0.478 e. The lowest BCUT2D eigenvalue weighted by Crippen LogP contribution is -2.15. The van der Waals surface area contributed by atoms with Crippen molar-refractivity contribution >= 4 is 62.6 Å². The van der Waals surface area contributed by atoms with E-state index in [0.717, 1.165) is 36.4 Å². The summed E-state index contributed by atoms with van der Waals surface area (Å²) in [4.78, 5) is 33.9. The first-order valence-electron chi connectivity index (χ1n) is 13.0. The molecule has 0 saturated carbocycles. The fourth-order valence-corrected chi connectivity index (χ4v) is 4.64. The van der Waals surface area contributed by atoms with E-state index in [4.69, 9.17) is 28.3 Å². The summed E-state index contributed by atoms with van der Waals surface area (Å²) >= 11 is 11.9. The molecule has 9 nitrogen and oxygen atoms in total. The number of alkyl halides is 10. The molecule has 5 aromatic rings. The molecule has 21 heteroatoms. The van der Waals surface area contributed by atoms with E-state index in [1.54, 1.807) is 0 Å². The number of hydrogen-bond acceptors (Lipinski definition) is 7. The van der Waals surface area contributed by atoms with Crippen LogP contribution in [0.1, 0.15) is 32.1 Å². The van der Waals surface area contributed by atoms with E-state index in [2.05, 4.69) is 29.7 Å². The summed E-state index contributed by atoms with van der Waals surface area (Å²) in [6, 6.07) is 6.81. The minimum absolute atomic E-state index is 0.0188. The molecule has 0 spiro atoms. The maximum atomic E-state index is 13.0. The van der Waals surface area contributed by atoms with Crippen molar-refractivity contribution in [1.29, 1.82) is 0 Å². The zero-order valence-corrected chi connectivity index (χ0v) is 25.4. The fourth-order valence-electron chi connectivity index (χ4n) is 4.18. The number of amides is 1. The molecule has 0 saturated heterocycles. The van der Waals surface area contributed by atoms with E-state index in [-0.39, 0.29) is 37.6 Å². The number of halogens is 12. The van der Waals surface area contributed by atoms with Gasteiger partial charge in [0.25, 0.3) is 5.91 Å². The molecule has 2 aromatic carbocycles. The van der Waals surface area contributed by atoms with Gasteiger partial charge in [-0.3, -0.25) is 9.78 Å². The molecule has 0 fully saturated rings. The van der Waals surface area contributed by atoms with Gasteiger partial charge >= 0.3 is 31.5 Å². The molecule has 0 aliphatic rings. The highest BCUT2D eigenvalue weighted by Crippen LogP contribution is 2.36. The van der Waals surface area contributed by atoms with Crippen LogP contribution in [0.4, 0.5) is 49.6 Å². The van der Waals surface area contributed by atoms with Crippen molar-refractivity contribution in [3.05, 3.63) is 93.5 Å². The molecule has 0 aliphatic carbocycles. The van der Waals surface area contributed by atoms with Gasteiger partial charge in [-0.15, -0.1) is 0 Å². The second kappa shape index (κ2) is 14.8. The topological polar surface area (TPSA) is 124 Å². The second-order valence-corrected chi connectivity index (χ2v) is 10.2. The Morgan fingerprint density at radius 1 is 0.680 bits per heavy atom. The standard InChI is InChI=1S/C17H8Cl2F5N3O2.C12H6F5NO3/c18-9-5-25-6-10(19)14(9)27-15(28)8-1-3-11(29-16(20)21)13-7(8)2-4-12(26-13)17(22,23)24;13-11(14)21-7-3-1-6(10(19)20)5-2-4-8(12(15,16)17)18-9(5)7/h1-6,16H,(H,25,27,28);1-4,11H,(H,19,20). The molecule has 5 rings (SSSR count). The molecular formula is C29H14Cl2F10N4O5. The Kier molecular flexibility index (Phi) is 11.1. The van der Waals surface area contributed by atoms with E-state index in [0.29, 0.717) is 12.1 Å². The molecule has 0 aliphatic heterocycles. The number of carboxylic acids is 1. The van der Waals surface area contributed by atoms with E-state index < -0.39 is 71.4 Å². The van der Waals surface area contributed by atoms with Crippen LogP contribution in [0.2, 0.25) is 10.0 Å². The van der Waals surface area contributed by atoms with Gasteiger partial charge in [-0.05, 0) is 48.5 Å². The van der Waals surface area contributed by atoms with Crippen molar-refractivity contribution in [3.8, 4) is 11.5 Å². The Morgan fingerprint density at radius 2 is 1.10 bits per heavy atom. The zero-order chi connectivity index (χ0) is 37.1. The van der Waals surface area contributed by atoms with Crippen LogP contribution in [0, 0.1) is 0 Å². The summed E-state index contributed by atoms with van der Waals surface area (Å²) in [6.45, 7) is -6.58. The number of pyridine rings is 3. The number of hydrogen-bond donors (Lipinski definition) is 2. The van der Waals surface area contributed by atoms with Crippen molar-refractivity contribution in [2.24, 2.45) is 0 Å². The lowest BCUT2D eigenvalue weighted by atomic mass is 10.1. The van der Waals surface area contributed by atoms with Crippen LogP contribution in [-0.4, -0.2) is 45.2 Å². The summed E-state index contributed by atoms with van der Waals surface area (Å²) in [5.41, 5.74) is -4.32. The zero-order valence-electron chi connectivity index (χ0n) is 23.9. The SMILES string of the molecule is O=C(Nc1c(Cl)cncc1Cl)c1ccc(OC(F)F)c2nc(C(F)(F)F)ccc12.O=C(O)c1ccc(OC(F)F)c2nc(C(F)(F)F)ccc12. The summed E-state index contributed by atoms with van der Waals surface area (Å²) in [5.74, 6) is -3.48. The number of aromatic carboxylic acids is 1. The average molecular weight is 759 g/mol. The van der Waals surface area contributed by atoms with Crippen LogP contribution < -0.4 is 14.8 Å². The first-order chi connectivity index (χ1) is 23.3. The van der Waals surface area contributed by atoms with E-state index in [1.807, 2.05) is 0 Å². The van der Waals surface area contributed by atoms with Crippen molar-refractivity contribution in [2.45, 2.75) is 25.6 Å². The summed E-state index contributed by atoms with van der Waals surface area (Å²) < 4.78 is 135. The highest BCUT2D eigenvalue weighted by atomic mass is 35.5. The molecule has 0 atom stereocenters. The number of fused-ring (bicyclic) bond motifs is 2. The first-order valence-corrected chi connectivity index (χ1v) is 13.8. The Hall–Kier alpha value is -5.17. The minimum atomic E-state index is -4.83. The van der Waals surface area contributed by atoms with Crippen molar-refractivity contribution in [1.82, 2.24) is 15.0 Å². The predicted octanol–water partition coefficient (Wildman–Crippen LogP) is 9.36. The highest BCUT2D eigenvalue weighted by molar-refractivity contribution is 6.39. The Bertz CT molecular complexity index is 2060. The molecular weight excluding hydrogens is 745 g/mol. The highest BCUT2D eigenvalue weighted by Gasteiger charge is 2.34. The molecule has 3 heterocycles. The van der Waals surface area contributed by atoms with E-state index in [1.165, 1.54) is 12.4 Å². The second-order valence-electron chi connectivity index (χ2n) is 9.40. The van der Waals surface area contributed by atoms with Gasteiger partial charge < -0.3 is 19.9 Å². The third kappa shape index (κ3) is 8.70. The van der Waals surface area contributed by atoms with Crippen LogP contribution in [-0.2, 0) is 12.4 Å². The maximum Gasteiger partial charge on any atom is 0.433 e. The summed E-state index contributed by atoms with van der Waals surface area (Å²) in [6.07, 6.45) is -7.18. The Labute approximate surface area is 281 Å². The number of carboxylic acid groups (broad SMARTS) is 1. The molecule has 2 N–H and O–H groups in total. The van der Waals surface area contributed by atoms with Crippen molar-refractivity contribution < 1.29 is 68.1 Å². The van der Waals surface area contributed by atoms with E-state index >= 15 is 0 Å². The number of benzene rings is 2. The van der Waals surface area contributed by atoms with Crippen LogP contribution in [0.3, 0.4) is 0 Å². The fraction of sp³-hybridized carbons (Fsp3) is 0.138. The van der Waals surface area contributed by atoms with Gasteiger partial charge in [-0.2, -0.15) is 43.9 Å². The molecule has 0 bridgehead atoms. The third-order valence-electron chi connectivity index (χ3n) is 6.22. The quantitative estimate of drug-likeness (QED) is 0.158. The normalized spacial score (nSPS) is 11.8. The molecule has 0 unspecified atom stereocenters. The van der Waals surface area contributed by atoms with Crippen LogP contribution >= 0.6 is 23.2 Å².